The minimum atomic E-state index is -0.185. The molecule has 1 aromatic carbocycles. The summed E-state index contributed by atoms with van der Waals surface area (Å²) in [7, 11) is 0. The summed E-state index contributed by atoms with van der Waals surface area (Å²) in [4.78, 5) is 12.1. The number of hydrogen-bond donors (Lipinski definition) is 2. The molecule has 0 spiro atoms. The van der Waals surface area contributed by atoms with Crippen LogP contribution in [0.25, 0.3) is 0 Å². The standard InChI is InChI=1S/C17H26N2O/c1-13-6-7-14(2)15(10-13)11-16(20)19-12-17(18)8-4-3-5-9-17/h6-7,10H,3-5,8-9,11-12,18H2,1-2H3,(H,19,20). The number of carbonyl (C=O) groups is 1. The lowest BCUT2D eigenvalue weighted by atomic mass is 9.82. The Balaban J connectivity index is 1.87. The van der Waals surface area contributed by atoms with Crippen LogP contribution in [0.5, 0.6) is 0 Å². The molecule has 3 nitrogen and oxygen atoms in total. The molecule has 1 aliphatic rings. The van der Waals surface area contributed by atoms with Gasteiger partial charge in [-0.1, -0.05) is 43.0 Å². The second-order valence-electron chi connectivity index (χ2n) is 6.31. The van der Waals surface area contributed by atoms with E-state index in [9.17, 15) is 4.79 Å². The van der Waals surface area contributed by atoms with Gasteiger partial charge in [0.15, 0.2) is 0 Å². The van der Waals surface area contributed by atoms with Crippen molar-refractivity contribution < 1.29 is 4.79 Å². The van der Waals surface area contributed by atoms with Crippen molar-refractivity contribution in [2.24, 2.45) is 5.73 Å². The van der Waals surface area contributed by atoms with Crippen LogP contribution in [0.1, 0.15) is 48.8 Å². The quantitative estimate of drug-likeness (QED) is 0.886. The minimum Gasteiger partial charge on any atom is -0.354 e. The molecule has 1 amide bonds. The van der Waals surface area contributed by atoms with E-state index in [1.54, 1.807) is 0 Å². The lowest BCUT2D eigenvalue weighted by molar-refractivity contribution is -0.120. The molecule has 0 aromatic heterocycles. The molecule has 0 aliphatic heterocycles. The number of hydrogen-bond acceptors (Lipinski definition) is 2. The summed E-state index contributed by atoms with van der Waals surface area (Å²) in [6, 6.07) is 6.24. The summed E-state index contributed by atoms with van der Waals surface area (Å²) in [6.07, 6.45) is 6.14. The topological polar surface area (TPSA) is 55.1 Å². The zero-order valence-corrected chi connectivity index (χ0v) is 12.7. The molecule has 1 aliphatic carbocycles. The maximum Gasteiger partial charge on any atom is 0.224 e. The summed E-state index contributed by atoms with van der Waals surface area (Å²) in [5, 5.41) is 3.02. The summed E-state index contributed by atoms with van der Waals surface area (Å²) >= 11 is 0. The van der Waals surface area contributed by atoms with E-state index in [0.29, 0.717) is 13.0 Å². The third-order valence-electron chi connectivity index (χ3n) is 4.34. The number of rotatable bonds is 4. The summed E-state index contributed by atoms with van der Waals surface area (Å²) in [6.45, 7) is 4.71. The van der Waals surface area contributed by atoms with Crippen LogP contribution in [-0.2, 0) is 11.2 Å². The van der Waals surface area contributed by atoms with Gasteiger partial charge in [-0.3, -0.25) is 4.79 Å². The number of aryl methyl sites for hydroxylation is 2. The van der Waals surface area contributed by atoms with E-state index in [1.807, 2.05) is 6.92 Å². The summed E-state index contributed by atoms with van der Waals surface area (Å²) in [5.41, 5.74) is 9.63. The Labute approximate surface area is 121 Å². The first-order valence-electron chi connectivity index (χ1n) is 7.60. The Hall–Kier alpha value is -1.35. The van der Waals surface area contributed by atoms with Gasteiger partial charge in [0, 0.05) is 12.1 Å². The highest BCUT2D eigenvalue weighted by Crippen LogP contribution is 2.25. The molecule has 1 aromatic rings. The fourth-order valence-corrected chi connectivity index (χ4v) is 2.93. The van der Waals surface area contributed by atoms with E-state index in [2.05, 4.69) is 30.4 Å². The van der Waals surface area contributed by atoms with E-state index in [1.165, 1.54) is 30.4 Å². The Morgan fingerprint density at radius 1 is 1.25 bits per heavy atom. The lowest BCUT2D eigenvalue weighted by Crippen LogP contribution is -2.51. The smallest absolute Gasteiger partial charge is 0.224 e. The van der Waals surface area contributed by atoms with Gasteiger partial charge in [0.25, 0.3) is 0 Å². The van der Waals surface area contributed by atoms with Crippen molar-refractivity contribution in [3.8, 4) is 0 Å². The number of carbonyl (C=O) groups excluding carboxylic acids is 1. The predicted molar refractivity (Wildman–Crippen MR) is 82.6 cm³/mol. The van der Waals surface area contributed by atoms with E-state index in [4.69, 9.17) is 5.73 Å². The summed E-state index contributed by atoms with van der Waals surface area (Å²) < 4.78 is 0. The maximum atomic E-state index is 12.1. The van der Waals surface area contributed by atoms with Crippen molar-refractivity contribution in [2.45, 2.75) is 57.9 Å². The van der Waals surface area contributed by atoms with Gasteiger partial charge in [0.2, 0.25) is 5.91 Å². The SMILES string of the molecule is Cc1ccc(C)c(CC(=O)NCC2(N)CCCCC2)c1. The third kappa shape index (κ3) is 4.07. The molecule has 2 rings (SSSR count). The van der Waals surface area contributed by atoms with Crippen LogP contribution < -0.4 is 11.1 Å². The molecule has 1 saturated carbocycles. The van der Waals surface area contributed by atoms with Gasteiger partial charge < -0.3 is 11.1 Å². The zero-order chi connectivity index (χ0) is 14.6. The number of benzene rings is 1. The Kier molecular flexibility index (Phi) is 4.81. The molecule has 0 unspecified atom stereocenters. The molecule has 110 valence electrons. The molecule has 20 heavy (non-hydrogen) atoms. The van der Waals surface area contributed by atoms with Crippen molar-refractivity contribution in [2.75, 3.05) is 6.54 Å². The van der Waals surface area contributed by atoms with E-state index < -0.39 is 0 Å². The van der Waals surface area contributed by atoms with Gasteiger partial charge in [-0.2, -0.15) is 0 Å². The van der Waals surface area contributed by atoms with Gasteiger partial charge >= 0.3 is 0 Å². The van der Waals surface area contributed by atoms with Gasteiger partial charge in [0.05, 0.1) is 6.42 Å². The molecule has 3 heteroatoms. The second kappa shape index (κ2) is 6.40. The number of nitrogens with one attached hydrogen (secondary N) is 1. The molecule has 1 fully saturated rings. The fraction of sp³-hybridized carbons (Fsp3) is 0.588. The average molecular weight is 274 g/mol. The highest BCUT2D eigenvalue weighted by Gasteiger charge is 2.27. The molecule has 0 heterocycles. The summed E-state index contributed by atoms with van der Waals surface area (Å²) in [5.74, 6) is 0.0779. The van der Waals surface area contributed by atoms with Crippen molar-refractivity contribution in [1.29, 1.82) is 0 Å². The minimum absolute atomic E-state index is 0.0779. The van der Waals surface area contributed by atoms with Crippen LogP contribution in [0, 0.1) is 13.8 Å². The Bertz CT molecular complexity index is 476. The van der Waals surface area contributed by atoms with Crippen LogP contribution in [0.15, 0.2) is 18.2 Å². The van der Waals surface area contributed by atoms with Crippen molar-refractivity contribution in [3.63, 3.8) is 0 Å². The molecule has 0 bridgehead atoms. The molecule has 0 saturated heterocycles. The van der Waals surface area contributed by atoms with E-state index >= 15 is 0 Å². The third-order valence-corrected chi connectivity index (χ3v) is 4.34. The van der Waals surface area contributed by atoms with Crippen LogP contribution in [0.3, 0.4) is 0 Å². The van der Waals surface area contributed by atoms with Crippen molar-refractivity contribution in [3.05, 3.63) is 34.9 Å². The molecule has 0 radical (unpaired) electrons. The number of amides is 1. The monoisotopic (exact) mass is 274 g/mol. The van der Waals surface area contributed by atoms with Crippen molar-refractivity contribution >= 4 is 5.91 Å². The molecule has 0 atom stereocenters. The van der Waals surface area contributed by atoms with Gasteiger partial charge in [-0.15, -0.1) is 0 Å². The van der Waals surface area contributed by atoms with Crippen molar-refractivity contribution in [1.82, 2.24) is 5.32 Å². The predicted octanol–water partition coefficient (Wildman–Crippen LogP) is 2.62. The van der Waals surface area contributed by atoms with Crippen LogP contribution in [0.4, 0.5) is 0 Å². The number of nitrogens with two attached hydrogens (primary N) is 1. The fourth-order valence-electron chi connectivity index (χ4n) is 2.93. The maximum absolute atomic E-state index is 12.1. The largest absolute Gasteiger partial charge is 0.354 e. The Morgan fingerprint density at radius 3 is 2.65 bits per heavy atom. The van der Waals surface area contributed by atoms with Crippen LogP contribution in [-0.4, -0.2) is 18.0 Å². The molecular weight excluding hydrogens is 248 g/mol. The average Bonchev–Trinajstić information content (AvgIpc) is 2.42. The first-order chi connectivity index (χ1) is 9.48. The second-order valence-corrected chi connectivity index (χ2v) is 6.31. The van der Waals surface area contributed by atoms with Crippen LogP contribution >= 0.6 is 0 Å². The van der Waals surface area contributed by atoms with Gasteiger partial charge in [-0.25, -0.2) is 0 Å². The zero-order valence-electron chi connectivity index (χ0n) is 12.7. The van der Waals surface area contributed by atoms with Gasteiger partial charge in [0.1, 0.15) is 0 Å². The van der Waals surface area contributed by atoms with Gasteiger partial charge in [-0.05, 0) is 37.8 Å². The normalized spacial score (nSPS) is 17.8. The first-order valence-corrected chi connectivity index (χ1v) is 7.60. The van der Waals surface area contributed by atoms with E-state index in [-0.39, 0.29) is 11.4 Å². The Morgan fingerprint density at radius 2 is 1.95 bits per heavy atom. The molecule has 3 N–H and O–H groups in total. The highest BCUT2D eigenvalue weighted by molar-refractivity contribution is 5.79. The van der Waals surface area contributed by atoms with Crippen LogP contribution in [0.2, 0.25) is 0 Å². The van der Waals surface area contributed by atoms with E-state index in [0.717, 1.165) is 18.4 Å². The first kappa shape index (κ1) is 15.0. The lowest BCUT2D eigenvalue weighted by Gasteiger charge is -2.33. The molecular formula is C17H26N2O. The highest BCUT2D eigenvalue weighted by atomic mass is 16.1.